The van der Waals surface area contributed by atoms with Crippen molar-refractivity contribution in [1.82, 2.24) is 5.32 Å². The Balaban J connectivity index is 1.12. The Labute approximate surface area is 203 Å². The van der Waals surface area contributed by atoms with Crippen LogP contribution in [-0.2, 0) is 0 Å². The molecule has 0 saturated carbocycles. The first-order valence-electron chi connectivity index (χ1n) is 13.0. The molecule has 0 bridgehead atoms. The van der Waals surface area contributed by atoms with E-state index in [-0.39, 0.29) is 0 Å². The summed E-state index contributed by atoms with van der Waals surface area (Å²) in [5.41, 5.74) is 9.56. The molecule has 0 spiro atoms. The summed E-state index contributed by atoms with van der Waals surface area (Å²) in [6.45, 7) is 0. The number of fused-ring (bicyclic) bond motifs is 2. The van der Waals surface area contributed by atoms with Crippen molar-refractivity contribution in [1.29, 1.82) is 0 Å². The molecule has 2 nitrogen and oxygen atoms in total. The maximum Gasteiger partial charge on any atom is 0.0414 e. The van der Waals surface area contributed by atoms with Crippen LogP contribution < -0.4 is 10.6 Å². The molecule has 0 amide bonds. The van der Waals surface area contributed by atoms with E-state index in [9.17, 15) is 0 Å². The van der Waals surface area contributed by atoms with E-state index >= 15 is 0 Å². The van der Waals surface area contributed by atoms with Crippen LogP contribution in [0.15, 0.2) is 114 Å². The molecule has 0 fully saturated rings. The molecule has 0 aromatic heterocycles. The molecule has 6 rings (SSSR count). The van der Waals surface area contributed by atoms with E-state index in [0.717, 1.165) is 25.7 Å². The number of hydrogen-bond donors (Lipinski definition) is 2. The maximum absolute atomic E-state index is 3.80. The Morgan fingerprint density at radius 1 is 0.765 bits per heavy atom. The highest BCUT2D eigenvalue weighted by Crippen LogP contribution is 2.35. The summed E-state index contributed by atoms with van der Waals surface area (Å²) in [6.07, 6.45) is 33.2. The molecular weight excluding hydrogens is 412 g/mol. The summed E-state index contributed by atoms with van der Waals surface area (Å²) in [7, 11) is 0. The summed E-state index contributed by atoms with van der Waals surface area (Å²) in [6, 6.07) is 9.54. The standard InChI is InChI=1S/C32H34N2/c1-3-11-29-25(7-1)9-5-13-31(29)33-27-19-15-23(16-20-27)24-17-21-28(22-18-24)34-32-14-6-10-26-8-2-4-12-30(26)32/h1,3-7,9,12,14-17,19-21,26,29,31,33-34H,2,8,10-11,13,18,22H2. The molecule has 1 aromatic rings. The second-order valence-electron chi connectivity index (χ2n) is 10.1. The molecule has 3 unspecified atom stereocenters. The smallest absolute Gasteiger partial charge is 0.0414 e. The highest BCUT2D eigenvalue weighted by atomic mass is 14.9. The Hall–Kier alpha value is -3.26. The molecule has 0 heterocycles. The molecule has 2 N–H and O–H groups in total. The summed E-state index contributed by atoms with van der Waals surface area (Å²) in [5, 5.41) is 7.54. The Morgan fingerprint density at radius 3 is 2.56 bits per heavy atom. The van der Waals surface area contributed by atoms with Gasteiger partial charge in [0.25, 0.3) is 0 Å². The van der Waals surface area contributed by atoms with Crippen LogP contribution in [0, 0.1) is 11.8 Å². The minimum Gasteiger partial charge on any atom is -0.381 e. The molecule has 0 saturated heterocycles. The van der Waals surface area contributed by atoms with Gasteiger partial charge in [0.1, 0.15) is 0 Å². The predicted molar refractivity (Wildman–Crippen MR) is 144 cm³/mol. The van der Waals surface area contributed by atoms with Crippen LogP contribution in [0.4, 0.5) is 5.69 Å². The largest absolute Gasteiger partial charge is 0.381 e. The minimum absolute atomic E-state index is 0.473. The van der Waals surface area contributed by atoms with E-state index < -0.39 is 0 Å². The quantitative estimate of drug-likeness (QED) is 0.483. The zero-order valence-electron chi connectivity index (χ0n) is 19.8. The van der Waals surface area contributed by atoms with Gasteiger partial charge in [-0.3, -0.25) is 0 Å². The van der Waals surface area contributed by atoms with Crippen molar-refractivity contribution in [2.75, 3.05) is 5.32 Å². The number of hydrogen-bond acceptors (Lipinski definition) is 2. The molecule has 5 aliphatic carbocycles. The van der Waals surface area contributed by atoms with Crippen LogP contribution in [0.2, 0.25) is 0 Å². The number of nitrogens with one attached hydrogen (secondary N) is 2. The first-order valence-corrected chi connectivity index (χ1v) is 13.0. The lowest BCUT2D eigenvalue weighted by atomic mass is 9.80. The van der Waals surface area contributed by atoms with Gasteiger partial charge in [0.15, 0.2) is 0 Å². The van der Waals surface area contributed by atoms with E-state index in [1.165, 1.54) is 58.6 Å². The SMILES string of the molecule is C1=CCC2C(=C1)C=CCC2Nc1ccc(C2=CC=C(NC3=C4C=CCCC4CC=C3)CC2)cc1. The normalized spacial score (nSPS) is 27.4. The van der Waals surface area contributed by atoms with Crippen LogP contribution in [0.3, 0.4) is 0 Å². The monoisotopic (exact) mass is 446 g/mol. The van der Waals surface area contributed by atoms with Crippen molar-refractivity contribution in [2.45, 2.75) is 51.0 Å². The summed E-state index contributed by atoms with van der Waals surface area (Å²) in [4.78, 5) is 0. The summed E-state index contributed by atoms with van der Waals surface area (Å²) < 4.78 is 0. The van der Waals surface area contributed by atoms with E-state index in [4.69, 9.17) is 0 Å². The van der Waals surface area contributed by atoms with Gasteiger partial charge in [-0.2, -0.15) is 0 Å². The summed E-state index contributed by atoms with van der Waals surface area (Å²) in [5.74, 6) is 1.28. The highest BCUT2D eigenvalue weighted by molar-refractivity contribution is 5.70. The zero-order chi connectivity index (χ0) is 22.7. The molecule has 3 atom stereocenters. The second-order valence-corrected chi connectivity index (χ2v) is 10.1. The fourth-order valence-corrected chi connectivity index (χ4v) is 5.98. The van der Waals surface area contributed by atoms with Crippen LogP contribution in [0.5, 0.6) is 0 Å². The van der Waals surface area contributed by atoms with Gasteiger partial charge in [0.2, 0.25) is 0 Å². The van der Waals surface area contributed by atoms with Gasteiger partial charge < -0.3 is 10.6 Å². The van der Waals surface area contributed by atoms with Gasteiger partial charge >= 0.3 is 0 Å². The third-order valence-corrected chi connectivity index (χ3v) is 7.92. The van der Waals surface area contributed by atoms with Crippen molar-refractivity contribution in [3.8, 4) is 0 Å². The van der Waals surface area contributed by atoms with Gasteiger partial charge in [0, 0.05) is 29.0 Å². The van der Waals surface area contributed by atoms with Crippen molar-refractivity contribution in [2.24, 2.45) is 11.8 Å². The van der Waals surface area contributed by atoms with Crippen LogP contribution in [-0.4, -0.2) is 6.04 Å². The predicted octanol–water partition coefficient (Wildman–Crippen LogP) is 7.76. The zero-order valence-corrected chi connectivity index (χ0v) is 19.8. The number of allylic oxidation sites excluding steroid dienone is 13. The number of benzene rings is 1. The third-order valence-electron chi connectivity index (χ3n) is 7.92. The van der Waals surface area contributed by atoms with E-state index in [2.05, 4.69) is 102 Å². The van der Waals surface area contributed by atoms with Crippen molar-refractivity contribution >= 4 is 11.3 Å². The first kappa shape index (κ1) is 21.3. The van der Waals surface area contributed by atoms with E-state index in [1.807, 2.05) is 0 Å². The lowest BCUT2D eigenvalue weighted by Crippen LogP contribution is -2.32. The van der Waals surface area contributed by atoms with Crippen molar-refractivity contribution in [3.63, 3.8) is 0 Å². The first-order chi connectivity index (χ1) is 16.8. The topological polar surface area (TPSA) is 24.1 Å². The van der Waals surface area contributed by atoms with Crippen LogP contribution in [0.1, 0.15) is 50.5 Å². The van der Waals surface area contributed by atoms with Gasteiger partial charge in [-0.05, 0) is 97.4 Å². The van der Waals surface area contributed by atoms with Gasteiger partial charge in [-0.1, -0.05) is 66.8 Å². The molecule has 0 radical (unpaired) electrons. The second kappa shape index (κ2) is 9.54. The van der Waals surface area contributed by atoms with E-state index in [0.29, 0.717) is 17.9 Å². The molecular formula is C32H34N2. The molecule has 5 aliphatic rings. The Kier molecular flexibility index (Phi) is 5.97. The third kappa shape index (κ3) is 4.42. The van der Waals surface area contributed by atoms with Gasteiger partial charge in [-0.25, -0.2) is 0 Å². The Morgan fingerprint density at radius 2 is 1.68 bits per heavy atom. The fourth-order valence-electron chi connectivity index (χ4n) is 5.98. The number of anilines is 1. The van der Waals surface area contributed by atoms with Crippen LogP contribution in [0.25, 0.3) is 5.57 Å². The van der Waals surface area contributed by atoms with Crippen LogP contribution >= 0.6 is 0 Å². The lowest BCUT2D eigenvalue weighted by molar-refractivity contribution is 0.507. The molecule has 1 aromatic carbocycles. The lowest BCUT2D eigenvalue weighted by Gasteiger charge is -2.32. The van der Waals surface area contributed by atoms with Gasteiger partial charge in [0.05, 0.1) is 0 Å². The maximum atomic E-state index is 3.80. The molecule has 172 valence electrons. The Bertz CT molecular complexity index is 1180. The highest BCUT2D eigenvalue weighted by Gasteiger charge is 2.26. The summed E-state index contributed by atoms with van der Waals surface area (Å²) >= 11 is 0. The average molecular weight is 447 g/mol. The minimum atomic E-state index is 0.473. The fraction of sp³-hybridized carbons (Fsp3) is 0.312. The molecule has 2 heteroatoms. The van der Waals surface area contributed by atoms with E-state index in [1.54, 1.807) is 0 Å². The van der Waals surface area contributed by atoms with Crippen molar-refractivity contribution in [3.05, 3.63) is 119 Å². The molecule has 0 aliphatic heterocycles. The molecule has 34 heavy (non-hydrogen) atoms. The van der Waals surface area contributed by atoms with Gasteiger partial charge in [-0.15, -0.1) is 0 Å². The average Bonchev–Trinajstić information content (AvgIpc) is 2.90. The number of rotatable bonds is 5. The van der Waals surface area contributed by atoms with Crippen molar-refractivity contribution < 1.29 is 0 Å².